The summed E-state index contributed by atoms with van der Waals surface area (Å²) in [4.78, 5) is 15.1. The van der Waals surface area contributed by atoms with Gasteiger partial charge in [-0.25, -0.2) is 9.69 Å². The highest BCUT2D eigenvalue weighted by Gasteiger charge is 2.41. The maximum atomic E-state index is 13.5. The number of carbonyl (C=O) groups excluding carboxylic acids is 1. The van der Waals surface area contributed by atoms with Gasteiger partial charge in [-0.15, -0.1) is 0 Å². The van der Waals surface area contributed by atoms with Gasteiger partial charge in [-0.2, -0.15) is 0 Å². The van der Waals surface area contributed by atoms with Crippen molar-refractivity contribution in [1.82, 2.24) is 0 Å². The van der Waals surface area contributed by atoms with Crippen molar-refractivity contribution in [3.05, 3.63) is 64.3 Å². The molecule has 0 radical (unpaired) electrons. The Morgan fingerprint density at radius 2 is 1.64 bits per heavy atom. The Labute approximate surface area is 226 Å². The van der Waals surface area contributed by atoms with E-state index in [9.17, 15) is 4.79 Å². The third-order valence-electron chi connectivity index (χ3n) is 6.94. The third kappa shape index (κ3) is 5.83. The van der Waals surface area contributed by atoms with E-state index >= 15 is 0 Å². The molecule has 0 saturated heterocycles. The lowest BCUT2D eigenvalue weighted by atomic mass is 9.73. The molecule has 0 aromatic heterocycles. The fourth-order valence-corrected chi connectivity index (χ4v) is 5.45. The molecular weight excluding hydrogens is 534 g/mol. The molecule has 36 heavy (non-hydrogen) atoms. The van der Waals surface area contributed by atoms with E-state index in [1.807, 2.05) is 51.1 Å². The van der Waals surface area contributed by atoms with Crippen LogP contribution in [-0.4, -0.2) is 26.6 Å². The monoisotopic (exact) mass is 573 g/mol. The van der Waals surface area contributed by atoms with Gasteiger partial charge in [-0.3, -0.25) is 0 Å². The Kier molecular flexibility index (Phi) is 7.52. The predicted molar refractivity (Wildman–Crippen MR) is 154 cm³/mol. The van der Waals surface area contributed by atoms with E-state index in [1.54, 1.807) is 4.90 Å². The van der Waals surface area contributed by atoms with Crippen molar-refractivity contribution >= 4 is 41.7 Å². The minimum Gasteiger partial charge on any atom is -0.544 e. The number of carbonyl (C=O) groups is 1. The molecule has 196 valence electrons. The van der Waals surface area contributed by atoms with E-state index in [0.29, 0.717) is 11.5 Å². The number of hydrogen-bond donors (Lipinski definition) is 0. The van der Waals surface area contributed by atoms with Crippen LogP contribution in [0, 0.1) is 0 Å². The van der Waals surface area contributed by atoms with Crippen LogP contribution in [0.2, 0.25) is 18.1 Å². The molecule has 0 atom stereocenters. The second-order valence-corrected chi connectivity index (χ2v) is 18.1. The standard InChI is InChI=1S/C29H40BrNO4Si/c1-19(35-36(10,11)28(5,6)7)18-33-21-13-14-22-25(17-21)31(26(32)34-27(2,3)4)24-15-12-20(30)16-23(24)29(22,8)9/h12-17H,1,18H2,2-11H3. The normalized spacial score (nSPS) is 15.0. The lowest BCUT2D eigenvalue weighted by molar-refractivity contribution is 0.0597. The average Bonchev–Trinajstić information content (AvgIpc) is 2.70. The van der Waals surface area contributed by atoms with Crippen LogP contribution in [0.5, 0.6) is 5.75 Å². The molecule has 1 aliphatic rings. The molecule has 2 aromatic rings. The highest BCUT2D eigenvalue weighted by molar-refractivity contribution is 9.10. The summed E-state index contributed by atoms with van der Waals surface area (Å²) < 4.78 is 19.2. The summed E-state index contributed by atoms with van der Waals surface area (Å²) in [6.07, 6.45) is -0.425. The molecule has 1 aliphatic heterocycles. The molecule has 0 spiro atoms. The van der Waals surface area contributed by atoms with E-state index in [4.69, 9.17) is 13.9 Å². The summed E-state index contributed by atoms with van der Waals surface area (Å²) in [5.74, 6) is 1.25. The van der Waals surface area contributed by atoms with Gasteiger partial charge in [0.15, 0.2) is 0 Å². The van der Waals surface area contributed by atoms with E-state index in [0.717, 1.165) is 27.0 Å². The van der Waals surface area contributed by atoms with E-state index in [1.165, 1.54) is 0 Å². The van der Waals surface area contributed by atoms with E-state index < -0.39 is 20.0 Å². The van der Waals surface area contributed by atoms with Gasteiger partial charge in [-0.1, -0.05) is 63.2 Å². The van der Waals surface area contributed by atoms with Gasteiger partial charge in [0.05, 0.1) is 11.4 Å². The SMILES string of the molecule is C=C(COc1ccc2c(c1)N(C(=O)OC(C)(C)C)c1ccc(Br)cc1C2(C)C)O[Si](C)(C)C(C)(C)C. The minimum absolute atomic E-state index is 0.0731. The summed E-state index contributed by atoms with van der Waals surface area (Å²) in [6.45, 7) is 25.2. The smallest absolute Gasteiger partial charge is 0.419 e. The number of rotatable bonds is 5. The second kappa shape index (κ2) is 9.56. The van der Waals surface area contributed by atoms with Gasteiger partial charge in [0.2, 0.25) is 8.32 Å². The van der Waals surface area contributed by atoms with Crippen LogP contribution in [0.1, 0.15) is 66.5 Å². The quantitative estimate of drug-likeness (QED) is 0.264. The minimum atomic E-state index is -1.99. The van der Waals surface area contributed by atoms with Gasteiger partial charge >= 0.3 is 6.09 Å². The van der Waals surface area contributed by atoms with Crippen molar-refractivity contribution in [1.29, 1.82) is 0 Å². The van der Waals surface area contributed by atoms with Crippen LogP contribution in [0.15, 0.2) is 53.2 Å². The largest absolute Gasteiger partial charge is 0.544 e. The zero-order valence-corrected chi connectivity index (χ0v) is 25.9. The van der Waals surface area contributed by atoms with Crippen LogP contribution < -0.4 is 9.64 Å². The molecule has 1 heterocycles. The van der Waals surface area contributed by atoms with Gasteiger partial charge in [-0.05, 0) is 74.3 Å². The number of fused-ring (bicyclic) bond motifs is 2. The van der Waals surface area contributed by atoms with Crippen LogP contribution in [0.25, 0.3) is 0 Å². The molecule has 7 heteroatoms. The first-order valence-corrected chi connectivity index (χ1v) is 16.0. The van der Waals surface area contributed by atoms with Gasteiger partial charge < -0.3 is 13.9 Å². The summed E-state index contributed by atoms with van der Waals surface area (Å²) in [6, 6.07) is 11.9. The van der Waals surface area contributed by atoms with Crippen molar-refractivity contribution in [3.8, 4) is 5.75 Å². The van der Waals surface area contributed by atoms with Gasteiger partial charge in [0.1, 0.15) is 23.7 Å². The van der Waals surface area contributed by atoms with E-state index in [2.05, 4.69) is 76.3 Å². The highest BCUT2D eigenvalue weighted by Crippen LogP contribution is 2.51. The molecule has 5 nitrogen and oxygen atoms in total. The first kappa shape index (κ1) is 28.3. The molecular formula is C29H40BrNO4Si. The fourth-order valence-electron chi connectivity index (χ4n) is 4.00. The number of nitrogens with zero attached hydrogens (tertiary/aromatic N) is 1. The molecule has 0 fully saturated rings. The maximum absolute atomic E-state index is 13.5. The number of hydrogen-bond acceptors (Lipinski definition) is 4. The van der Waals surface area contributed by atoms with Crippen molar-refractivity contribution < 1.29 is 18.7 Å². The van der Waals surface area contributed by atoms with Crippen molar-refractivity contribution in [2.24, 2.45) is 0 Å². The Morgan fingerprint density at radius 3 is 2.22 bits per heavy atom. The summed E-state index contributed by atoms with van der Waals surface area (Å²) in [5.41, 5.74) is 2.64. The first-order chi connectivity index (χ1) is 16.3. The molecule has 0 N–H and O–H groups in total. The molecule has 3 rings (SSSR count). The molecule has 0 aliphatic carbocycles. The zero-order chi connectivity index (χ0) is 27.3. The third-order valence-corrected chi connectivity index (χ3v) is 11.8. The predicted octanol–water partition coefficient (Wildman–Crippen LogP) is 9.08. The molecule has 1 amide bonds. The number of benzene rings is 2. The average molecular weight is 575 g/mol. The Bertz CT molecular complexity index is 1170. The topological polar surface area (TPSA) is 48.0 Å². The highest BCUT2D eigenvalue weighted by atomic mass is 79.9. The van der Waals surface area contributed by atoms with Gasteiger partial charge in [0, 0.05) is 16.0 Å². The van der Waals surface area contributed by atoms with Crippen molar-refractivity contribution in [3.63, 3.8) is 0 Å². The number of anilines is 2. The summed E-state index contributed by atoms with van der Waals surface area (Å²) >= 11 is 3.59. The summed E-state index contributed by atoms with van der Waals surface area (Å²) in [7, 11) is -1.99. The molecule has 2 aromatic carbocycles. The molecule has 0 unspecified atom stereocenters. The first-order valence-electron chi connectivity index (χ1n) is 12.3. The Balaban J connectivity index is 1.97. The number of ether oxygens (including phenoxy) is 2. The van der Waals surface area contributed by atoms with E-state index in [-0.39, 0.29) is 17.1 Å². The molecule has 0 saturated carbocycles. The zero-order valence-electron chi connectivity index (χ0n) is 23.3. The van der Waals surface area contributed by atoms with Crippen LogP contribution in [0.4, 0.5) is 16.2 Å². The number of halogens is 1. The number of amides is 1. The van der Waals surface area contributed by atoms with Crippen molar-refractivity contribution in [2.45, 2.75) is 84.5 Å². The van der Waals surface area contributed by atoms with Gasteiger partial charge in [0.25, 0.3) is 0 Å². The van der Waals surface area contributed by atoms with Crippen LogP contribution in [0.3, 0.4) is 0 Å². The second-order valence-electron chi connectivity index (χ2n) is 12.5. The van der Waals surface area contributed by atoms with Crippen LogP contribution >= 0.6 is 15.9 Å². The molecule has 0 bridgehead atoms. The lowest BCUT2D eigenvalue weighted by Crippen LogP contribution is -2.41. The maximum Gasteiger partial charge on any atom is 0.419 e. The fraction of sp³-hybridized carbons (Fsp3) is 0.483. The Morgan fingerprint density at radius 1 is 1.00 bits per heavy atom. The lowest BCUT2D eigenvalue weighted by Gasteiger charge is -2.41. The van der Waals surface area contributed by atoms with Crippen LogP contribution in [-0.2, 0) is 14.6 Å². The Hall–Kier alpha value is -2.25. The van der Waals surface area contributed by atoms with Crippen molar-refractivity contribution in [2.75, 3.05) is 11.5 Å². The summed E-state index contributed by atoms with van der Waals surface area (Å²) in [5, 5.41) is 0.0731.